The van der Waals surface area contributed by atoms with Crippen LogP contribution in [0.1, 0.15) is 58.3 Å². The standard InChI is InChI=1S/C14H24/c1-3-4-5-6-7-8-11-14-12-9-10-13(14)2/h8,11,14H,2-7,9-10,12H2,1H3/b11-8+. The second kappa shape index (κ2) is 6.86. The van der Waals surface area contributed by atoms with E-state index in [-0.39, 0.29) is 0 Å². The van der Waals surface area contributed by atoms with Crippen LogP contribution in [-0.4, -0.2) is 0 Å². The lowest BCUT2D eigenvalue weighted by atomic mass is 10.0. The normalized spacial score (nSPS) is 22.4. The predicted molar refractivity (Wildman–Crippen MR) is 64.4 cm³/mol. The van der Waals surface area contributed by atoms with Crippen LogP contribution >= 0.6 is 0 Å². The maximum absolute atomic E-state index is 4.11. The zero-order valence-electron chi connectivity index (χ0n) is 9.60. The van der Waals surface area contributed by atoms with E-state index in [0.717, 1.165) is 0 Å². The summed E-state index contributed by atoms with van der Waals surface area (Å²) in [5.41, 5.74) is 1.45. The lowest BCUT2D eigenvalue weighted by Gasteiger charge is -2.03. The van der Waals surface area contributed by atoms with Crippen LogP contribution < -0.4 is 0 Å². The van der Waals surface area contributed by atoms with Gasteiger partial charge in [-0.3, -0.25) is 0 Å². The van der Waals surface area contributed by atoms with Gasteiger partial charge in [0.2, 0.25) is 0 Å². The first-order valence-electron chi connectivity index (χ1n) is 6.19. The summed E-state index contributed by atoms with van der Waals surface area (Å²) >= 11 is 0. The van der Waals surface area contributed by atoms with Crippen molar-refractivity contribution in [3.63, 3.8) is 0 Å². The molecule has 0 bridgehead atoms. The number of unbranched alkanes of at least 4 members (excludes halogenated alkanes) is 4. The summed E-state index contributed by atoms with van der Waals surface area (Å²) < 4.78 is 0. The van der Waals surface area contributed by atoms with Crippen molar-refractivity contribution in [2.24, 2.45) is 5.92 Å². The summed E-state index contributed by atoms with van der Waals surface area (Å²) in [5, 5.41) is 0. The first-order chi connectivity index (χ1) is 6.84. The van der Waals surface area contributed by atoms with E-state index in [2.05, 4.69) is 25.7 Å². The first kappa shape index (κ1) is 11.6. The van der Waals surface area contributed by atoms with Gasteiger partial charge < -0.3 is 0 Å². The maximum atomic E-state index is 4.11. The van der Waals surface area contributed by atoms with Crippen LogP contribution in [0.15, 0.2) is 24.3 Å². The van der Waals surface area contributed by atoms with Gasteiger partial charge in [0, 0.05) is 0 Å². The molecular weight excluding hydrogens is 168 g/mol. The van der Waals surface area contributed by atoms with E-state index in [1.807, 2.05) is 0 Å². The number of hydrogen-bond donors (Lipinski definition) is 0. The van der Waals surface area contributed by atoms with E-state index >= 15 is 0 Å². The van der Waals surface area contributed by atoms with Crippen LogP contribution in [-0.2, 0) is 0 Å². The molecule has 0 amide bonds. The fraction of sp³-hybridized carbons (Fsp3) is 0.714. The van der Waals surface area contributed by atoms with Gasteiger partial charge in [-0.2, -0.15) is 0 Å². The molecule has 14 heavy (non-hydrogen) atoms. The average molecular weight is 192 g/mol. The summed E-state index contributed by atoms with van der Waals surface area (Å²) in [6.45, 7) is 6.37. The molecule has 1 aliphatic rings. The van der Waals surface area contributed by atoms with E-state index < -0.39 is 0 Å². The molecule has 0 aromatic carbocycles. The lowest BCUT2D eigenvalue weighted by molar-refractivity contribution is 0.671. The minimum absolute atomic E-state index is 0.709. The molecule has 0 aliphatic heterocycles. The largest absolute Gasteiger partial charge is 0.0993 e. The van der Waals surface area contributed by atoms with Gasteiger partial charge in [-0.05, 0) is 38.0 Å². The highest BCUT2D eigenvalue weighted by atomic mass is 14.2. The molecule has 1 unspecified atom stereocenters. The maximum Gasteiger partial charge on any atom is -0.00259 e. The van der Waals surface area contributed by atoms with Crippen molar-refractivity contribution in [3.05, 3.63) is 24.3 Å². The average Bonchev–Trinajstić information content (AvgIpc) is 2.58. The number of rotatable bonds is 6. The Balaban J connectivity index is 2.05. The molecule has 0 heterocycles. The second-order valence-electron chi connectivity index (χ2n) is 4.43. The SMILES string of the molecule is C=C1CCCC1/C=C/CCCCCC. The molecule has 0 heteroatoms. The van der Waals surface area contributed by atoms with Crippen LogP contribution in [0.25, 0.3) is 0 Å². The summed E-state index contributed by atoms with van der Waals surface area (Å²) in [6.07, 6.45) is 15.5. The van der Waals surface area contributed by atoms with Crippen molar-refractivity contribution in [2.75, 3.05) is 0 Å². The van der Waals surface area contributed by atoms with Gasteiger partial charge in [0.25, 0.3) is 0 Å². The van der Waals surface area contributed by atoms with Crippen molar-refractivity contribution >= 4 is 0 Å². The van der Waals surface area contributed by atoms with Crippen molar-refractivity contribution in [1.82, 2.24) is 0 Å². The lowest BCUT2D eigenvalue weighted by Crippen LogP contribution is -1.89. The molecule has 0 radical (unpaired) electrons. The third-order valence-corrected chi connectivity index (χ3v) is 3.13. The molecule has 0 aromatic rings. The minimum Gasteiger partial charge on any atom is -0.0993 e. The van der Waals surface area contributed by atoms with E-state index in [4.69, 9.17) is 0 Å². The molecular formula is C14H24. The summed E-state index contributed by atoms with van der Waals surface area (Å²) in [6, 6.07) is 0. The van der Waals surface area contributed by atoms with Gasteiger partial charge in [0.05, 0.1) is 0 Å². The Morgan fingerprint density at radius 3 is 2.86 bits per heavy atom. The minimum atomic E-state index is 0.709. The Bertz CT molecular complexity index is 188. The van der Waals surface area contributed by atoms with Crippen molar-refractivity contribution in [1.29, 1.82) is 0 Å². The van der Waals surface area contributed by atoms with Crippen LogP contribution in [0.5, 0.6) is 0 Å². The van der Waals surface area contributed by atoms with Gasteiger partial charge in [-0.1, -0.05) is 50.5 Å². The molecule has 0 aromatic heterocycles. The summed E-state index contributed by atoms with van der Waals surface area (Å²) in [7, 11) is 0. The van der Waals surface area contributed by atoms with Crippen LogP contribution in [0.4, 0.5) is 0 Å². The van der Waals surface area contributed by atoms with E-state index in [1.165, 1.54) is 56.9 Å². The van der Waals surface area contributed by atoms with E-state index in [1.54, 1.807) is 0 Å². The Morgan fingerprint density at radius 2 is 2.21 bits per heavy atom. The second-order valence-corrected chi connectivity index (χ2v) is 4.43. The van der Waals surface area contributed by atoms with Crippen molar-refractivity contribution in [3.8, 4) is 0 Å². The van der Waals surface area contributed by atoms with Gasteiger partial charge in [0.1, 0.15) is 0 Å². The van der Waals surface area contributed by atoms with Gasteiger partial charge in [-0.25, -0.2) is 0 Å². The molecule has 1 saturated carbocycles. The molecule has 1 rings (SSSR count). The molecule has 0 nitrogen and oxygen atoms in total. The van der Waals surface area contributed by atoms with Crippen LogP contribution in [0.3, 0.4) is 0 Å². The summed E-state index contributed by atoms with van der Waals surface area (Å²) in [4.78, 5) is 0. The zero-order valence-corrected chi connectivity index (χ0v) is 9.60. The third-order valence-electron chi connectivity index (χ3n) is 3.13. The monoisotopic (exact) mass is 192 g/mol. The Morgan fingerprint density at radius 1 is 1.36 bits per heavy atom. The highest BCUT2D eigenvalue weighted by Gasteiger charge is 2.15. The molecule has 0 spiro atoms. The van der Waals surface area contributed by atoms with E-state index in [9.17, 15) is 0 Å². The number of hydrogen-bond acceptors (Lipinski definition) is 0. The Kier molecular flexibility index (Phi) is 5.66. The number of allylic oxidation sites excluding steroid dienone is 3. The van der Waals surface area contributed by atoms with Crippen LogP contribution in [0.2, 0.25) is 0 Å². The molecule has 1 fully saturated rings. The summed E-state index contributed by atoms with van der Waals surface area (Å²) in [5.74, 6) is 0.709. The highest BCUT2D eigenvalue weighted by Crippen LogP contribution is 2.30. The molecule has 0 N–H and O–H groups in total. The van der Waals surface area contributed by atoms with E-state index in [0.29, 0.717) is 5.92 Å². The first-order valence-corrected chi connectivity index (χ1v) is 6.19. The fourth-order valence-electron chi connectivity index (χ4n) is 2.12. The zero-order chi connectivity index (χ0) is 10.2. The molecule has 0 saturated heterocycles. The Hall–Kier alpha value is -0.520. The Labute approximate surface area is 89.1 Å². The molecule has 80 valence electrons. The topological polar surface area (TPSA) is 0 Å². The van der Waals surface area contributed by atoms with Gasteiger partial charge >= 0.3 is 0 Å². The van der Waals surface area contributed by atoms with Gasteiger partial charge in [-0.15, -0.1) is 0 Å². The highest BCUT2D eigenvalue weighted by molar-refractivity contribution is 5.13. The van der Waals surface area contributed by atoms with Crippen LogP contribution in [0, 0.1) is 5.92 Å². The smallest absolute Gasteiger partial charge is 0.00259 e. The quantitative estimate of drug-likeness (QED) is 0.416. The fourth-order valence-corrected chi connectivity index (χ4v) is 2.12. The molecule has 1 aliphatic carbocycles. The predicted octanol–water partition coefficient (Wildman–Crippen LogP) is 4.87. The third kappa shape index (κ3) is 4.13. The van der Waals surface area contributed by atoms with Crippen molar-refractivity contribution in [2.45, 2.75) is 58.3 Å². The van der Waals surface area contributed by atoms with Gasteiger partial charge in [0.15, 0.2) is 0 Å². The van der Waals surface area contributed by atoms with Crippen molar-refractivity contribution < 1.29 is 0 Å². The molecule has 1 atom stereocenters.